The third-order valence-corrected chi connectivity index (χ3v) is 3.99. The molecule has 0 radical (unpaired) electrons. The minimum Gasteiger partial charge on any atom is -0.494 e. The van der Waals surface area contributed by atoms with Gasteiger partial charge in [-0.15, -0.1) is 0 Å². The molecule has 138 valence electrons. The molecule has 0 spiro atoms. The average Bonchev–Trinajstić information content (AvgIpc) is 3.12. The summed E-state index contributed by atoms with van der Waals surface area (Å²) in [6.07, 6.45) is 7.54. The quantitative estimate of drug-likeness (QED) is 0.368. The molecule has 27 heavy (non-hydrogen) atoms. The van der Waals surface area contributed by atoms with Crippen LogP contribution in [0, 0.1) is 0 Å². The maximum atomic E-state index is 12.1. The first kappa shape index (κ1) is 18.4. The number of aliphatic imine (C=N–C) groups is 1. The largest absolute Gasteiger partial charge is 0.494 e. The van der Waals surface area contributed by atoms with Crippen LogP contribution in [0.3, 0.4) is 0 Å². The number of esters is 1. The number of methoxy groups -OCH3 is 1. The fourth-order valence-corrected chi connectivity index (χ4v) is 2.55. The molecule has 1 aromatic heterocycles. The van der Waals surface area contributed by atoms with Crippen molar-refractivity contribution in [2.45, 2.75) is 6.54 Å². The standard InChI is InChI=1S/C21H22N3O3/c1-23-11-12-24(16-23)13-14-27-21(25)18-9-7-17(8-10-18)15-22-19-5-3-4-6-20(19)26-2/h3-12,15-16H,13-14H2,1-2H3/q+1. The fourth-order valence-electron chi connectivity index (χ4n) is 2.55. The smallest absolute Gasteiger partial charge is 0.338 e. The lowest BCUT2D eigenvalue weighted by atomic mass is 10.1. The molecule has 3 aromatic rings. The number of hydrogen-bond donors (Lipinski definition) is 0. The summed E-state index contributed by atoms with van der Waals surface area (Å²) in [5, 5.41) is 0. The Balaban J connectivity index is 1.56. The Morgan fingerprint density at radius 3 is 2.67 bits per heavy atom. The summed E-state index contributed by atoms with van der Waals surface area (Å²) in [4.78, 5) is 16.6. The second kappa shape index (κ2) is 8.80. The van der Waals surface area contributed by atoms with E-state index in [0.29, 0.717) is 24.5 Å². The van der Waals surface area contributed by atoms with Crippen molar-refractivity contribution in [1.82, 2.24) is 4.57 Å². The molecule has 0 saturated heterocycles. The summed E-state index contributed by atoms with van der Waals surface area (Å²) in [6.45, 7) is 0.945. The van der Waals surface area contributed by atoms with Crippen molar-refractivity contribution in [2.75, 3.05) is 13.7 Å². The van der Waals surface area contributed by atoms with Gasteiger partial charge in [0.15, 0.2) is 0 Å². The Morgan fingerprint density at radius 1 is 1.19 bits per heavy atom. The van der Waals surface area contributed by atoms with E-state index >= 15 is 0 Å². The van der Waals surface area contributed by atoms with Gasteiger partial charge in [0.1, 0.15) is 37.0 Å². The number of benzene rings is 2. The zero-order chi connectivity index (χ0) is 19.1. The molecule has 0 aliphatic heterocycles. The molecule has 0 saturated carbocycles. The predicted molar refractivity (Wildman–Crippen MR) is 103 cm³/mol. The highest BCUT2D eigenvalue weighted by molar-refractivity contribution is 5.91. The normalized spacial score (nSPS) is 10.9. The van der Waals surface area contributed by atoms with Crippen LogP contribution in [0.1, 0.15) is 15.9 Å². The van der Waals surface area contributed by atoms with Crippen molar-refractivity contribution < 1.29 is 18.8 Å². The van der Waals surface area contributed by atoms with Gasteiger partial charge in [0.25, 0.3) is 0 Å². The Labute approximate surface area is 158 Å². The van der Waals surface area contributed by atoms with E-state index in [9.17, 15) is 4.79 Å². The van der Waals surface area contributed by atoms with E-state index in [4.69, 9.17) is 9.47 Å². The molecule has 0 bridgehead atoms. The number of imidazole rings is 1. The van der Waals surface area contributed by atoms with Crippen LogP contribution in [0.4, 0.5) is 5.69 Å². The molecule has 0 fully saturated rings. The number of carbonyl (C=O) groups is 1. The van der Waals surface area contributed by atoms with Crippen LogP contribution in [0.15, 0.2) is 72.2 Å². The van der Waals surface area contributed by atoms with Crippen molar-refractivity contribution in [2.24, 2.45) is 12.0 Å². The number of aryl methyl sites for hydroxylation is 1. The fraction of sp³-hybridized carbons (Fsp3) is 0.190. The molecule has 6 heteroatoms. The van der Waals surface area contributed by atoms with Gasteiger partial charge in [-0.25, -0.2) is 13.9 Å². The van der Waals surface area contributed by atoms with E-state index in [1.807, 2.05) is 71.3 Å². The zero-order valence-corrected chi connectivity index (χ0v) is 15.4. The van der Waals surface area contributed by atoms with Crippen molar-refractivity contribution in [3.8, 4) is 5.75 Å². The van der Waals surface area contributed by atoms with Gasteiger partial charge in [0, 0.05) is 6.21 Å². The monoisotopic (exact) mass is 364 g/mol. The molecule has 2 aromatic carbocycles. The maximum absolute atomic E-state index is 12.1. The molecular weight excluding hydrogens is 342 g/mol. The van der Waals surface area contributed by atoms with Crippen LogP contribution < -0.4 is 9.30 Å². The van der Waals surface area contributed by atoms with Gasteiger partial charge in [-0.2, -0.15) is 0 Å². The van der Waals surface area contributed by atoms with E-state index in [2.05, 4.69) is 4.99 Å². The first-order chi connectivity index (χ1) is 13.2. The van der Waals surface area contributed by atoms with Crippen LogP contribution in [-0.4, -0.2) is 30.5 Å². The van der Waals surface area contributed by atoms with Crippen molar-refractivity contribution in [3.05, 3.63) is 78.4 Å². The van der Waals surface area contributed by atoms with Crippen molar-refractivity contribution in [1.29, 1.82) is 0 Å². The molecule has 0 N–H and O–H groups in total. The van der Waals surface area contributed by atoms with E-state index in [0.717, 1.165) is 11.3 Å². The zero-order valence-electron chi connectivity index (χ0n) is 15.4. The number of hydrogen-bond acceptors (Lipinski definition) is 4. The van der Waals surface area contributed by atoms with Crippen LogP contribution >= 0.6 is 0 Å². The Bertz CT molecular complexity index is 930. The Morgan fingerprint density at radius 2 is 1.96 bits per heavy atom. The van der Waals surface area contributed by atoms with Gasteiger partial charge >= 0.3 is 5.97 Å². The van der Waals surface area contributed by atoms with Crippen molar-refractivity contribution >= 4 is 17.9 Å². The molecule has 0 unspecified atom stereocenters. The number of para-hydroxylation sites is 2. The van der Waals surface area contributed by atoms with Crippen molar-refractivity contribution in [3.63, 3.8) is 0 Å². The highest BCUT2D eigenvalue weighted by Crippen LogP contribution is 2.26. The Kier molecular flexibility index (Phi) is 5.99. The van der Waals surface area contributed by atoms with Gasteiger partial charge < -0.3 is 9.47 Å². The average molecular weight is 364 g/mol. The maximum Gasteiger partial charge on any atom is 0.338 e. The molecule has 0 aliphatic carbocycles. The number of rotatable bonds is 7. The number of carbonyl (C=O) groups excluding carboxylic acids is 1. The van der Waals surface area contributed by atoms with Gasteiger partial charge in [-0.3, -0.25) is 4.99 Å². The molecule has 0 aliphatic rings. The summed E-state index contributed by atoms with van der Waals surface area (Å²) < 4.78 is 14.5. The molecule has 0 amide bonds. The second-order valence-corrected chi connectivity index (χ2v) is 6.00. The first-order valence-corrected chi connectivity index (χ1v) is 8.61. The molecular formula is C21H22N3O3+. The lowest BCUT2D eigenvalue weighted by molar-refractivity contribution is -0.671. The summed E-state index contributed by atoms with van der Waals surface area (Å²) in [5.74, 6) is 0.380. The molecule has 0 atom stereocenters. The number of nitrogens with zero attached hydrogens (tertiary/aromatic N) is 3. The van der Waals surface area contributed by atoms with E-state index in [1.165, 1.54) is 0 Å². The van der Waals surface area contributed by atoms with Gasteiger partial charge in [0.05, 0.1) is 19.7 Å². The van der Waals surface area contributed by atoms with Crippen LogP contribution in [0.25, 0.3) is 0 Å². The SMILES string of the molecule is COc1ccccc1N=Cc1ccc(C(=O)OCCn2cc[n+](C)c2)cc1. The van der Waals surface area contributed by atoms with Gasteiger partial charge in [-0.05, 0) is 29.8 Å². The number of ether oxygens (including phenoxy) is 2. The minimum atomic E-state index is -0.334. The topological polar surface area (TPSA) is 56.7 Å². The second-order valence-electron chi connectivity index (χ2n) is 6.00. The summed E-state index contributed by atoms with van der Waals surface area (Å²) in [7, 11) is 3.56. The minimum absolute atomic E-state index is 0.324. The van der Waals surface area contributed by atoms with E-state index in [-0.39, 0.29) is 5.97 Å². The lowest BCUT2D eigenvalue weighted by Crippen LogP contribution is -2.24. The van der Waals surface area contributed by atoms with Gasteiger partial charge in [0.2, 0.25) is 6.33 Å². The highest BCUT2D eigenvalue weighted by Gasteiger charge is 2.08. The summed E-state index contributed by atoms with van der Waals surface area (Å²) in [6, 6.07) is 14.7. The van der Waals surface area contributed by atoms with E-state index in [1.54, 1.807) is 25.5 Å². The molecule has 3 rings (SSSR count). The number of aromatic nitrogens is 2. The van der Waals surface area contributed by atoms with Crippen LogP contribution in [0.2, 0.25) is 0 Å². The Hall–Kier alpha value is -3.41. The van der Waals surface area contributed by atoms with Gasteiger partial charge in [-0.1, -0.05) is 24.3 Å². The molecule has 1 heterocycles. The first-order valence-electron chi connectivity index (χ1n) is 8.61. The van der Waals surface area contributed by atoms with Crippen LogP contribution in [0.5, 0.6) is 5.75 Å². The third-order valence-electron chi connectivity index (χ3n) is 3.99. The summed E-state index contributed by atoms with van der Waals surface area (Å²) >= 11 is 0. The van der Waals surface area contributed by atoms with E-state index < -0.39 is 0 Å². The predicted octanol–water partition coefficient (Wildman–Crippen LogP) is 2.93. The third kappa shape index (κ3) is 5.04. The molecule has 6 nitrogen and oxygen atoms in total. The highest BCUT2D eigenvalue weighted by atomic mass is 16.5. The lowest BCUT2D eigenvalue weighted by Gasteiger charge is -2.04. The van der Waals surface area contributed by atoms with Crippen LogP contribution in [-0.2, 0) is 18.3 Å². The summed E-state index contributed by atoms with van der Waals surface area (Å²) in [5.41, 5.74) is 2.15.